The Hall–Kier alpha value is -1.71. The van der Waals surface area contributed by atoms with Crippen molar-refractivity contribution >= 4 is 5.91 Å². The second kappa shape index (κ2) is 8.06. The molecule has 0 unspecified atom stereocenters. The van der Waals surface area contributed by atoms with Gasteiger partial charge in [0.1, 0.15) is 0 Å². The van der Waals surface area contributed by atoms with E-state index >= 15 is 0 Å². The summed E-state index contributed by atoms with van der Waals surface area (Å²) in [5.41, 5.74) is 0.675. The number of carbonyl (C=O) groups is 1. The van der Waals surface area contributed by atoms with Crippen LogP contribution in [0.2, 0.25) is 0 Å². The monoisotopic (exact) mass is 305 g/mol. The van der Waals surface area contributed by atoms with E-state index in [4.69, 9.17) is 9.47 Å². The van der Waals surface area contributed by atoms with Crippen LogP contribution in [-0.2, 0) is 0 Å². The van der Waals surface area contributed by atoms with Crippen molar-refractivity contribution in [3.05, 3.63) is 23.8 Å². The number of nitrogens with zero attached hydrogens (tertiary/aromatic N) is 1. The molecule has 1 amide bonds. The van der Waals surface area contributed by atoms with E-state index in [0.29, 0.717) is 29.6 Å². The fraction of sp³-hybridized carbons (Fsp3) is 0.611. The molecule has 1 fully saturated rings. The Morgan fingerprint density at radius 1 is 1.27 bits per heavy atom. The van der Waals surface area contributed by atoms with Crippen LogP contribution in [0.5, 0.6) is 11.5 Å². The molecule has 1 aromatic rings. The fourth-order valence-electron chi connectivity index (χ4n) is 2.64. The molecule has 1 saturated heterocycles. The summed E-state index contributed by atoms with van der Waals surface area (Å²) in [6, 6.07) is 5.47. The van der Waals surface area contributed by atoms with E-state index < -0.39 is 0 Å². The van der Waals surface area contributed by atoms with Crippen molar-refractivity contribution in [2.45, 2.75) is 39.5 Å². The Kier molecular flexibility index (Phi) is 6.10. The van der Waals surface area contributed by atoms with Gasteiger partial charge in [0.05, 0.1) is 13.7 Å². The lowest BCUT2D eigenvalue weighted by atomic mass is 9.98. The van der Waals surface area contributed by atoms with E-state index in [2.05, 4.69) is 13.8 Å². The van der Waals surface area contributed by atoms with Gasteiger partial charge in [0, 0.05) is 18.7 Å². The van der Waals surface area contributed by atoms with E-state index in [1.165, 1.54) is 0 Å². The van der Waals surface area contributed by atoms with Crippen LogP contribution in [-0.4, -0.2) is 37.6 Å². The summed E-state index contributed by atoms with van der Waals surface area (Å²) in [5.74, 6) is 2.14. The third-order valence-electron chi connectivity index (χ3n) is 4.24. The number of amides is 1. The third kappa shape index (κ3) is 4.15. The number of methoxy groups -OCH3 is 1. The van der Waals surface area contributed by atoms with Crippen molar-refractivity contribution < 1.29 is 14.3 Å². The maximum Gasteiger partial charge on any atom is 0.253 e. The second-order valence-corrected chi connectivity index (χ2v) is 6.04. The van der Waals surface area contributed by atoms with Gasteiger partial charge in [0.25, 0.3) is 5.91 Å². The topological polar surface area (TPSA) is 38.8 Å². The van der Waals surface area contributed by atoms with Crippen molar-refractivity contribution in [3.8, 4) is 11.5 Å². The number of ether oxygens (including phenoxy) is 2. The van der Waals surface area contributed by atoms with Crippen molar-refractivity contribution in [2.75, 3.05) is 26.8 Å². The summed E-state index contributed by atoms with van der Waals surface area (Å²) in [6.45, 7) is 6.73. The quantitative estimate of drug-likeness (QED) is 0.751. The minimum atomic E-state index is 0.0882. The maximum atomic E-state index is 12.6. The predicted molar refractivity (Wildman–Crippen MR) is 87.7 cm³/mol. The molecule has 0 aromatic heterocycles. The van der Waals surface area contributed by atoms with E-state index in [1.807, 2.05) is 17.0 Å². The molecule has 22 heavy (non-hydrogen) atoms. The number of benzene rings is 1. The van der Waals surface area contributed by atoms with Gasteiger partial charge in [0.2, 0.25) is 0 Å². The Morgan fingerprint density at radius 3 is 2.64 bits per heavy atom. The van der Waals surface area contributed by atoms with Gasteiger partial charge in [-0.3, -0.25) is 4.79 Å². The van der Waals surface area contributed by atoms with Gasteiger partial charge in [-0.1, -0.05) is 20.3 Å². The van der Waals surface area contributed by atoms with Crippen LogP contribution in [0.4, 0.5) is 0 Å². The molecule has 0 aliphatic carbocycles. The summed E-state index contributed by atoms with van der Waals surface area (Å²) in [4.78, 5) is 14.5. The first-order valence-corrected chi connectivity index (χ1v) is 8.25. The number of unbranched alkanes of at least 4 members (excludes halogenated alkanes) is 1. The number of likely N-dealkylation sites (tertiary alicyclic amines) is 1. The highest BCUT2D eigenvalue weighted by Gasteiger charge is 2.22. The van der Waals surface area contributed by atoms with Gasteiger partial charge in [-0.2, -0.15) is 0 Å². The van der Waals surface area contributed by atoms with Crippen LogP contribution < -0.4 is 9.47 Å². The lowest BCUT2D eigenvalue weighted by Crippen LogP contribution is -2.37. The first kappa shape index (κ1) is 16.7. The molecular formula is C18H27NO3. The average molecular weight is 305 g/mol. The molecule has 0 radical (unpaired) electrons. The van der Waals surface area contributed by atoms with Crippen LogP contribution in [0.25, 0.3) is 0 Å². The maximum absolute atomic E-state index is 12.6. The van der Waals surface area contributed by atoms with Gasteiger partial charge in [-0.25, -0.2) is 0 Å². The molecule has 1 aromatic carbocycles. The van der Waals surface area contributed by atoms with Gasteiger partial charge in [-0.15, -0.1) is 0 Å². The molecule has 4 nitrogen and oxygen atoms in total. The van der Waals surface area contributed by atoms with Gasteiger partial charge in [-0.05, 0) is 43.4 Å². The molecule has 2 rings (SSSR count). The third-order valence-corrected chi connectivity index (χ3v) is 4.24. The number of rotatable bonds is 6. The van der Waals surface area contributed by atoms with E-state index in [9.17, 15) is 4.79 Å². The van der Waals surface area contributed by atoms with Crippen molar-refractivity contribution in [1.82, 2.24) is 4.90 Å². The SMILES string of the molecule is CCCCOc1ccc(C(=O)N2CCC(C)CC2)cc1OC. The van der Waals surface area contributed by atoms with Crippen LogP contribution in [0.1, 0.15) is 49.9 Å². The highest BCUT2D eigenvalue weighted by atomic mass is 16.5. The molecule has 0 bridgehead atoms. The number of piperidine rings is 1. The smallest absolute Gasteiger partial charge is 0.253 e. The Labute approximate surface area is 133 Å². The standard InChI is InChI=1S/C18H27NO3/c1-4-5-12-22-16-7-6-15(13-17(16)21-3)18(20)19-10-8-14(2)9-11-19/h6-7,13-14H,4-5,8-12H2,1-3H3. The second-order valence-electron chi connectivity index (χ2n) is 6.04. The zero-order chi connectivity index (χ0) is 15.9. The van der Waals surface area contributed by atoms with Gasteiger partial charge in [0.15, 0.2) is 11.5 Å². The average Bonchev–Trinajstić information content (AvgIpc) is 2.55. The van der Waals surface area contributed by atoms with Crippen LogP contribution in [0.3, 0.4) is 0 Å². The number of hydrogen-bond donors (Lipinski definition) is 0. The lowest BCUT2D eigenvalue weighted by molar-refractivity contribution is 0.0697. The van der Waals surface area contributed by atoms with Crippen LogP contribution >= 0.6 is 0 Å². The number of hydrogen-bond acceptors (Lipinski definition) is 3. The minimum absolute atomic E-state index is 0.0882. The molecular weight excluding hydrogens is 278 g/mol. The first-order chi connectivity index (χ1) is 10.7. The molecule has 0 saturated carbocycles. The van der Waals surface area contributed by atoms with Crippen molar-refractivity contribution in [3.63, 3.8) is 0 Å². The lowest BCUT2D eigenvalue weighted by Gasteiger charge is -2.30. The first-order valence-electron chi connectivity index (χ1n) is 8.25. The van der Waals surface area contributed by atoms with E-state index in [1.54, 1.807) is 13.2 Å². The molecule has 1 heterocycles. The largest absolute Gasteiger partial charge is 0.493 e. The summed E-state index contributed by atoms with van der Waals surface area (Å²) in [6.07, 6.45) is 4.27. The summed E-state index contributed by atoms with van der Waals surface area (Å²) in [5, 5.41) is 0. The molecule has 4 heteroatoms. The fourth-order valence-corrected chi connectivity index (χ4v) is 2.64. The Bertz CT molecular complexity index is 493. The molecule has 1 aliphatic heterocycles. The molecule has 1 aliphatic rings. The highest BCUT2D eigenvalue weighted by Crippen LogP contribution is 2.29. The molecule has 0 N–H and O–H groups in total. The highest BCUT2D eigenvalue weighted by molar-refractivity contribution is 5.95. The van der Waals surface area contributed by atoms with E-state index in [-0.39, 0.29) is 5.91 Å². The zero-order valence-corrected chi connectivity index (χ0v) is 13.9. The van der Waals surface area contributed by atoms with Crippen LogP contribution in [0, 0.1) is 5.92 Å². The normalized spacial score (nSPS) is 15.7. The molecule has 0 spiro atoms. The minimum Gasteiger partial charge on any atom is -0.493 e. The molecule has 0 atom stereocenters. The van der Waals surface area contributed by atoms with Crippen molar-refractivity contribution in [2.24, 2.45) is 5.92 Å². The van der Waals surface area contributed by atoms with E-state index in [0.717, 1.165) is 38.8 Å². The number of carbonyl (C=O) groups excluding carboxylic acids is 1. The summed E-state index contributed by atoms with van der Waals surface area (Å²) in [7, 11) is 1.61. The summed E-state index contributed by atoms with van der Waals surface area (Å²) < 4.78 is 11.1. The van der Waals surface area contributed by atoms with Gasteiger partial charge >= 0.3 is 0 Å². The Balaban J connectivity index is 2.06. The zero-order valence-electron chi connectivity index (χ0n) is 13.9. The predicted octanol–water partition coefficient (Wildman–Crippen LogP) is 3.75. The van der Waals surface area contributed by atoms with Gasteiger partial charge < -0.3 is 14.4 Å². The Morgan fingerprint density at radius 2 is 2.00 bits per heavy atom. The van der Waals surface area contributed by atoms with Crippen LogP contribution in [0.15, 0.2) is 18.2 Å². The summed E-state index contributed by atoms with van der Waals surface area (Å²) >= 11 is 0. The molecule has 122 valence electrons. The van der Waals surface area contributed by atoms with Crippen molar-refractivity contribution in [1.29, 1.82) is 0 Å².